The Hall–Kier alpha value is -2.24. The highest BCUT2D eigenvalue weighted by molar-refractivity contribution is 9.10. The van der Waals surface area contributed by atoms with E-state index in [-0.39, 0.29) is 16.1 Å². The van der Waals surface area contributed by atoms with Crippen molar-refractivity contribution in [3.8, 4) is 11.5 Å². The van der Waals surface area contributed by atoms with Crippen molar-refractivity contribution in [3.05, 3.63) is 50.4 Å². The average Bonchev–Trinajstić information content (AvgIpc) is 3.23. The summed E-state index contributed by atoms with van der Waals surface area (Å²) in [6, 6.07) is 7.42. The molecule has 0 bridgehead atoms. The molecule has 4 rings (SSSR count). The fraction of sp³-hybridized carbons (Fsp3) is 0. The standard InChI is InChI=1S/C13H6BrN5O3S2/c14-8-4-2-1-3-7(8)9-16-17-13(22-9)24-10-11(19(20)21)18-5-6-23-12(18)15-10/h1-6H. The molecule has 1 aromatic carbocycles. The van der Waals surface area contributed by atoms with Crippen LogP contribution in [0.3, 0.4) is 0 Å². The number of hydrogen-bond donors (Lipinski definition) is 0. The Morgan fingerprint density at radius 2 is 2.17 bits per heavy atom. The van der Waals surface area contributed by atoms with Crippen LogP contribution in [0.5, 0.6) is 0 Å². The number of rotatable bonds is 4. The maximum absolute atomic E-state index is 11.3. The highest BCUT2D eigenvalue weighted by atomic mass is 79.9. The van der Waals surface area contributed by atoms with Gasteiger partial charge in [0.15, 0.2) is 0 Å². The molecule has 4 aromatic rings. The minimum atomic E-state index is -0.472. The maximum Gasteiger partial charge on any atom is 0.363 e. The Balaban J connectivity index is 1.70. The van der Waals surface area contributed by atoms with E-state index in [1.807, 2.05) is 24.3 Å². The van der Waals surface area contributed by atoms with Crippen LogP contribution in [-0.2, 0) is 0 Å². The molecule has 0 amide bonds. The number of nitrogens with zero attached hydrogens (tertiary/aromatic N) is 5. The van der Waals surface area contributed by atoms with Crippen LogP contribution >= 0.6 is 39.0 Å². The molecule has 0 atom stereocenters. The van der Waals surface area contributed by atoms with Crippen molar-refractivity contribution >= 4 is 49.8 Å². The van der Waals surface area contributed by atoms with Crippen molar-refractivity contribution in [3.63, 3.8) is 0 Å². The van der Waals surface area contributed by atoms with Crippen molar-refractivity contribution in [2.75, 3.05) is 0 Å². The van der Waals surface area contributed by atoms with Crippen molar-refractivity contribution in [2.45, 2.75) is 10.2 Å². The van der Waals surface area contributed by atoms with Gasteiger partial charge in [-0.15, -0.1) is 10.2 Å². The van der Waals surface area contributed by atoms with Crippen LogP contribution in [0.1, 0.15) is 0 Å². The summed E-state index contributed by atoms with van der Waals surface area (Å²) in [7, 11) is 0. The van der Waals surface area contributed by atoms with Gasteiger partial charge in [-0.1, -0.05) is 23.5 Å². The lowest BCUT2D eigenvalue weighted by Crippen LogP contribution is -1.93. The van der Waals surface area contributed by atoms with E-state index in [9.17, 15) is 10.1 Å². The highest BCUT2D eigenvalue weighted by Gasteiger charge is 2.26. The first-order chi connectivity index (χ1) is 11.6. The molecule has 0 aliphatic heterocycles. The zero-order valence-electron chi connectivity index (χ0n) is 11.6. The molecule has 8 nitrogen and oxygen atoms in total. The predicted molar refractivity (Wildman–Crippen MR) is 91.3 cm³/mol. The number of nitro groups is 1. The molecule has 0 aliphatic rings. The minimum absolute atomic E-state index is 0.114. The fourth-order valence-electron chi connectivity index (χ4n) is 2.07. The zero-order valence-corrected chi connectivity index (χ0v) is 14.8. The topological polar surface area (TPSA) is 99.4 Å². The van der Waals surface area contributed by atoms with Gasteiger partial charge < -0.3 is 14.5 Å². The van der Waals surface area contributed by atoms with Gasteiger partial charge in [-0.2, -0.15) is 9.38 Å². The first-order valence-corrected chi connectivity index (χ1v) is 8.98. The summed E-state index contributed by atoms with van der Waals surface area (Å²) >= 11 is 5.71. The largest absolute Gasteiger partial charge is 0.411 e. The van der Waals surface area contributed by atoms with Crippen LogP contribution in [0.4, 0.5) is 5.82 Å². The number of imidazole rings is 1. The number of halogens is 1. The molecular weight excluding hydrogens is 418 g/mol. The third-order valence-corrected chi connectivity index (χ3v) is 5.33. The number of benzene rings is 1. The highest BCUT2D eigenvalue weighted by Crippen LogP contribution is 2.37. The second-order valence-corrected chi connectivity index (χ2v) is 7.18. The van der Waals surface area contributed by atoms with Crippen molar-refractivity contribution in [1.82, 2.24) is 19.6 Å². The number of thiazole rings is 1. The lowest BCUT2D eigenvalue weighted by atomic mass is 10.2. The van der Waals surface area contributed by atoms with E-state index in [1.54, 1.807) is 11.6 Å². The number of hydrogen-bond acceptors (Lipinski definition) is 8. The van der Waals surface area contributed by atoms with E-state index >= 15 is 0 Å². The van der Waals surface area contributed by atoms with Gasteiger partial charge in [0.2, 0.25) is 10.9 Å². The molecule has 3 heterocycles. The molecule has 0 radical (unpaired) electrons. The Labute approximate surface area is 150 Å². The third kappa shape index (κ3) is 2.60. The Morgan fingerprint density at radius 3 is 2.96 bits per heavy atom. The second kappa shape index (κ2) is 6.00. The first-order valence-electron chi connectivity index (χ1n) is 6.49. The van der Waals surface area contributed by atoms with E-state index in [1.165, 1.54) is 15.7 Å². The molecule has 0 aliphatic carbocycles. The molecule has 0 fully saturated rings. The molecule has 0 unspecified atom stereocenters. The number of aromatic nitrogens is 4. The van der Waals surface area contributed by atoms with Gasteiger partial charge in [0.1, 0.15) is 6.20 Å². The summed E-state index contributed by atoms with van der Waals surface area (Å²) < 4.78 is 7.85. The molecule has 0 spiro atoms. The van der Waals surface area contributed by atoms with E-state index in [0.29, 0.717) is 10.9 Å². The van der Waals surface area contributed by atoms with Gasteiger partial charge >= 0.3 is 5.82 Å². The van der Waals surface area contributed by atoms with Crippen molar-refractivity contribution in [1.29, 1.82) is 0 Å². The summed E-state index contributed by atoms with van der Waals surface area (Å²) in [5.74, 6) is 0.213. The van der Waals surface area contributed by atoms with Crippen LogP contribution in [0.25, 0.3) is 16.4 Å². The molecule has 0 saturated heterocycles. The van der Waals surface area contributed by atoms with E-state index in [4.69, 9.17) is 4.42 Å². The Bertz CT molecular complexity index is 1060. The average molecular weight is 424 g/mol. The van der Waals surface area contributed by atoms with Gasteiger partial charge in [0.05, 0.1) is 5.56 Å². The summed E-state index contributed by atoms with van der Waals surface area (Å²) in [4.78, 5) is 15.6. The van der Waals surface area contributed by atoms with Crippen LogP contribution in [0.15, 0.2) is 55.0 Å². The SMILES string of the molecule is O=[N+]([O-])c1c(Sc2nnc(-c3ccccc3Br)o2)nc2sccn12. The van der Waals surface area contributed by atoms with Gasteiger partial charge in [0, 0.05) is 21.6 Å². The molecule has 3 aromatic heterocycles. The molecule has 24 heavy (non-hydrogen) atoms. The summed E-state index contributed by atoms with van der Waals surface area (Å²) in [5.41, 5.74) is 0.747. The molecule has 0 saturated carbocycles. The monoisotopic (exact) mass is 423 g/mol. The summed E-state index contributed by atoms with van der Waals surface area (Å²) in [5, 5.41) is 21.4. The summed E-state index contributed by atoms with van der Waals surface area (Å²) in [6.07, 6.45) is 1.61. The van der Waals surface area contributed by atoms with Gasteiger partial charge in [-0.05, 0) is 33.0 Å². The number of fused-ring (bicyclic) bond motifs is 1. The van der Waals surface area contributed by atoms with Crippen LogP contribution in [0.2, 0.25) is 0 Å². The normalized spacial score (nSPS) is 11.2. The Kier molecular flexibility index (Phi) is 3.82. The Morgan fingerprint density at radius 1 is 1.33 bits per heavy atom. The van der Waals surface area contributed by atoms with Crippen LogP contribution < -0.4 is 0 Å². The zero-order chi connectivity index (χ0) is 16.7. The first kappa shape index (κ1) is 15.3. The predicted octanol–water partition coefficient (Wildman–Crippen LogP) is 4.27. The van der Waals surface area contributed by atoms with E-state index in [0.717, 1.165) is 21.8 Å². The molecule has 11 heteroatoms. The minimum Gasteiger partial charge on any atom is -0.411 e. The van der Waals surface area contributed by atoms with E-state index in [2.05, 4.69) is 31.1 Å². The van der Waals surface area contributed by atoms with Gasteiger partial charge in [0.25, 0.3) is 10.2 Å². The molecule has 120 valence electrons. The van der Waals surface area contributed by atoms with Crippen LogP contribution in [-0.4, -0.2) is 24.5 Å². The second-order valence-electron chi connectivity index (χ2n) is 4.51. The smallest absolute Gasteiger partial charge is 0.363 e. The fourth-order valence-corrected chi connectivity index (χ4v) is 4.05. The van der Waals surface area contributed by atoms with E-state index < -0.39 is 4.92 Å². The van der Waals surface area contributed by atoms with Crippen LogP contribution in [0, 0.1) is 10.1 Å². The van der Waals surface area contributed by atoms with Gasteiger partial charge in [-0.25, -0.2) is 0 Å². The lowest BCUT2D eigenvalue weighted by molar-refractivity contribution is -0.393. The third-order valence-electron chi connectivity index (χ3n) is 3.07. The molecular formula is C13H6BrN5O3S2. The van der Waals surface area contributed by atoms with Crippen molar-refractivity contribution < 1.29 is 9.34 Å². The molecule has 0 N–H and O–H groups in total. The maximum atomic E-state index is 11.3. The summed E-state index contributed by atoms with van der Waals surface area (Å²) in [6.45, 7) is 0. The van der Waals surface area contributed by atoms with Gasteiger partial charge in [-0.3, -0.25) is 0 Å². The lowest BCUT2D eigenvalue weighted by Gasteiger charge is -1.97. The quantitative estimate of drug-likeness (QED) is 0.356. The van der Waals surface area contributed by atoms with Crippen molar-refractivity contribution in [2.24, 2.45) is 0 Å².